The van der Waals surface area contributed by atoms with Crippen LogP contribution in [0.25, 0.3) is 0 Å². The van der Waals surface area contributed by atoms with Crippen LogP contribution in [-0.4, -0.2) is 35.0 Å². The van der Waals surface area contributed by atoms with Crippen LogP contribution in [0.3, 0.4) is 0 Å². The molecule has 1 saturated heterocycles. The van der Waals surface area contributed by atoms with E-state index in [0.717, 1.165) is 31.6 Å². The van der Waals surface area contributed by atoms with E-state index in [1.807, 2.05) is 0 Å². The van der Waals surface area contributed by atoms with Crippen molar-refractivity contribution in [2.24, 2.45) is 5.16 Å². The van der Waals surface area contributed by atoms with Gasteiger partial charge in [-0.3, -0.25) is 4.90 Å². The van der Waals surface area contributed by atoms with Crippen molar-refractivity contribution in [2.75, 3.05) is 13.1 Å². The molecule has 0 aromatic heterocycles. The Bertz CT molecular complexity index is 534. The first-order chi connectivity index (χ1) is 12.9. The third kappa shape index (κ3) is 5.57. The highest BCUT2D eigenvalue weighted by Crippen LogP contribution is 2.30. The monoisotopic (exact) mass is 356 g/mol. The standard InChI is InChI=1S/C23H36N2O/c26-24-22-14-10-5-3-1-2-4-6-11-15-23(22)25-18-16-21(17-19-25)20-12-8-7-9-13-20/h7-9,12-13,21,23,26H,1-6,10-11,14-19H2/b24-22-. The minimum Gasteiger partial charge on any atom is -0.411 e. The van der Waals surface area contributed by atoms with Gasteiger partial charge in [-0.25, -0.2) is 0 Å². The lowest BCUT2D eigenvalue weighted by molar-refractivity contribution is 0.173. The first-order valence-corrected chi connectivity index (χ1v) is 10.9. The number of piperidine rings is 1. The summed E-state index contributed by atoms with van der Waals surface area (Å²) in [6.07, 6.45) is 15.1. The van der Waals surface area contributed by atoms with Gasteiger partial charge in [-0.1, -0.05) is 80.4 Å². The topological polar surface area (TPSA) is 35.8 Å². The van der Waals surface area contributed by atoms with Crippen molar-refractivity contribution in [2.45, 2.75) is 89.0 Å². The molecular weight excluding hydrogens is 320 g/mol. The maximum Gasteiger partial charge on any atom is 0.0742 e. The summed E-state index contributed by atoms with van der Waals surface area (Å²) >= 11 is 0. The largest absolute Gasteiger partial charge is 0.411 e. The van der Waals surface area contributed by atoms with Crippen LogP contribution < -0.4 is 0 Å². The zero-order valence-electron chi connectivity index (χ0n) is 16.3. The second-order valence-corrected chi connectivity index (χ2v) is 8.20. The van der Waals surface area contributed by atoms with Crippen molar-refractivity contribution < 1.29 is 5.21 Å². The second kappa shape index (κ2) is 10.7. The van der Waals surface area contributed by atoms with Gasteiger partial charge >= 0.3 is 0 Å². The molecule has 1 saturated carbocycles. The van der Waals surface area contributed by atoms with Crippen molar-refractivity contribution in [3.63, 3.8) is 0 Å². The summed E-state index contributed by atoms with van der Waals surface area (Å²) in [5.41, 5.74) is 2.53. The number of nitrogens with zero attached hydrogens (tertiary/aromatic N) is 2. The van der Waals surface area contributed by atoms with Crippen molar-refractivity contribution >= 4 is 5.71 Å². The molecule has 1 atom stereocenters. The van der Waals surface area contributed by atoms with Gasteiger partial charge in [0.25, 0.3) is 0 Å². The fourth-order valence-electron chi connectivity index (χ4n) is 4.82. The lowest BCUT2D eigenvalue weighted by Crippen LogP contribution is -2.45. The number of likely N-dealkylation sites (tertiary alicyclic amines) is 1. The highest BCUT2D eigenvalue weighted by Gasteiger charge is 2.28. The summed E-state index contributed by atoms with van der Waals surface area (Å²) in [4.78, 5) is 2.61. The van der Waals surface area contributed by atoms with Crippen molar-refractivity contribution in [3.05, 3.63) is 35.9 Å². The van der Waals surface area contributed by atoms with Gasteiger partial charge in [0.15, 0.2) is 0 Å². The van der Waals surface area contributed by atoms with E-state index in [1.165, 1.54) is 69.8 Å². The van der Waals surface area contributed by atoms with Crippen molar-refractivity contribution in [3.8, 4) is 0 Å². The lowest BCUT2D eigenvalue weighted by Gasteiger charge is -2.38. The molecule has 3 heteroatoms. The predicted octanol–water partition coefficient (Wildman–Crippen LogP) is 5.98. The first kappa shape index (κ1) is 19.4. The van der Waals surface area contributed by atoms with Crippen LogP contribution >= 0.6 is 0 Å². The van der Waals surface area contributed by atoms with Gasteiger partial charge < -0.3 is 5.21 Å². The fraction of sp³-hybridized carbons (Fsp3) is 0.696. The Kier molecular flexibility index (Phi) is 8.00. The molecule has 144 valence electrons. The normalized spacial score (nSPS) is 26.9. The Morgan fingerprint density at radius 3 is 2.04 bits per heavy atom. The lowest BCUT2D eigenvalue weighted by atomic mass is 9.87. The SMILES string of the molecule is O/N=C1/CCCCCCCCCCC1N1CCC(c2ccccc2)CC1. The quantitative estimate of drug-likeness (QED) is 0.522. The van der Waals surface area contributed by atoms with Crippen molar-refractivity contribution in [1.29, 1.82) is 0 Å². The molecule has 26 heavy (non-hydrogen) atoms. The van der Waals surface area contributed by atoms with Gasteiger partial charge in [0.05, 0.1) is 11.8 Å². The molecule has 1 heterocycles. The van der Waals surface area contributed by atoms with Crippen molar-refractivity contribution in [1.82, 2.24) is 4.90 Å². The van der Waals surface area contributed by atoms with Crippen LogP contribution in [0.15, 0.2) is 35.5 Å². The minimum atomic E-state index is 0.358. The molecule has 0 amide bonds. The van der Waals surface area contributed by atoms with E-state index in [1.54, 1.807) is 0 Å². The van der Waals surface area contributed by atoms with Gasteiger partial charge in [-0.05, 0) is 56.7 Å². The molecule has 1 aromatic carbocycles. The zero-order valence-corrected chi connectivity index (χ0v) is 16.3. The number of hydrogen-bond acceptors (Lipinski definition) is 3. The Morgan fingerprint density at radius 2 is 1.38 bits per heavy atom. The highest BCUT2D eigenvalue weighted by atomic mass is 16.4. The first-order valence-electron chi connectivity index (χ1n) is 10.9. The molecule has 3 rings (SSSR count). The maximum absolute atomic E-state index is 9.69. The average Bonchev–Trinajstić information content (AvgIpc) is 2.69. The van der Waals surface area contributed by atoms with E-state index in [0.29, 0.717) is 12.0 Å². The van der Waals surface area contributed by atoms with Crippen LogP contribution in [0, 0.1) is 0 Å². The number of benzene rings is 1. The van der Waals surface area contributed by atoms with Gasteiger partial charge in [0.1, 0.15) is 0 Å². The summed E-state index contributed by atoms with van der Waals surface area (Å²) in [5.74, 6) is 0.688. The van der Waals surface area contributed by atoms with Crippen LogP contribution in [0.5, 0.6) is 0 Å². The Balaban J connectivity index is 1.60. The van der Waals surface area contributed by atoms with Crippen LogP contribution in [-0.2, 0) is 0 Å². The minimum absolute atomic E-state index is 0.358. The third-order valence-electron chi connectivity index (χ3n) is 6.41. The molecule has 2 aliphatic rings. The molecular formula is C23H36N2O. The van der Waals surface area contributed by atoms with Gasteiger partial charge in [-0.2, -0.15) is 0 Å². The Morgan fingerprint density at radius 1 is 0.769 bits per heavy atom. The molecule has 0 spiro atoms. The fourth-order valence-corrected chi connectivity index (χ4v) is 4.82. The van der Waals surface area contributed by atoms with E-state index in [-0.39, 0.29) is 0 Å². The zero-order chi connectivity index (χ0) is 18.0. The molecule has 0 radical (unpaired) electrons. The second-order valence-electron chi connectivity index (χ2n) is 8.20. The molecule has 1 aliphatic carbocycles. The number of hydrogen-bond donors (Lipinski definition) is 1. The Hall–Kier alpha value is -1.35. The third-order valence-corrected chi connectivity index (χ3v) is 6.41. The number of rotatable bonds is 2. The Labute approximate surface area is 159 Å². The van der Waals surface area contributed by atoms with Gasteiger partial charge in [0, 0.05) is 0 Å². The summed E-state index contributed by atoms with van der Waals surface area (Å²) in [5, 5.41) is 13.5. The van der Waals surface area contributed by atoms with Crippen LogP contribution in [0.1, 0.15) is 88.5 Å². The summed E-state index contributed by atoms with van der Waals surface area (Å²) < 4.78 is 0. The smallest absolute Gasteiger partial charge is 0.0742 e. The van der Waals surface area contributed by atoms with E-state index in [2.05, 4.69) is 40.4 Å². The van der Waals surface area contributed by atoms with Gasteiger partial charge in [0.2, 0.25) is 0 Å². The molecule has 0 bridgehead atoms. The predicted molar refractivity (Wildman–Crippen MR) is 109 cm³/mol. The summed E-state index contributed by atoms with van der Waals surface area (Å²) in [6, 6.07) is 11.3. The van der Waals surface area contributed by atoms with E-state index >= 15 is 0 Å². The average molecular weight is 357 g/mol. The molecule has 2 fully saturated rings. The van der Waals surface area contributed by atoms with Crippen LogP contribution in [0.4, 0.5) is 0 Å². The van der Waals surface area contributed by atoms with Crippen LogP contribution in [0.2, 0.25) is 0 Å². The molecule has 1 aliphatic heterocycles. The molecule has 1 N–H and O–H groups in total. The highest BCUT2D eigenvalue weighted by molar-refractivity contribution is 5.89. The van der Waals surface area contributed by atoms with Gasteiger partial charge in [-0.15, -0.1) is 0 Å². The maximum atomic E-state index is 9.69. The van der Waals surface area contributed by atoms with E-state index in [9.17, 15) is 5.21 Å². The number of oxime groups is 1. The summed E-state index contributed by atoms with van der Waals surface area (Å²) in [7, 11) is 0. The van der Waals surface area contributed by atoms with E-state index < -0.39 is 0 Å². The molecule has 3 nitrogen and oxygen atoms in total. The van der Waals surface area contributed by atoms with E-state index in [4.69, 9.17) is 0 Å². The molecule has 1 aromatic rings. The summed E-state index contributed by atoms with van der Waals surface area (Å²) in [6.45, 7) is 2.26. The molecule has 1 unspecified atom stereocenters.